The summed E-state index contributed by atoms with van der Waals surface area (Å²) in [5, 5.41) is 2.94. The second-order valence-electron chi connectivity index (χ2n) is 2.25. The van der Waals surface area contributed by atoms with Crippen LogP contribution in [0, 0.1) is 0 Å². The van der Waals surface area contributed by atoms with Gasteiger partial charge in [-0.3, -0.25) is 5.32 Å². The maximum absolute atomic E-state index is 5.28. The predicted octanol–water partition coefficient (Wildman–Crippen LogP) is 0.316. The fraction of sp³-hybridized carbons (Fsp3) is 1.00. The van der Waals surface area contributed by atoms with E-state index in [0.717, 1.165) is 19.6 Å². The molecule has 0 aromatic heterocycles. The van der Waals surface area contributed by atoms with Crippen LogP contribution >= 0.6 is 0 Å². The van der Waals surface area contributed by atoms with E-state index in [0.29, 0.717) is 0 Å². The van der Waals surface area contributed by atoms with Crippen LogP contribution in [0.2, 0.25) is 0 Å². The van der Waals surface area contributed by atoms with E-state index in [1.807, 2.05) is 14.0 Å². The first kappa shape index (κ1) is 6.99. The molecular weight excluding hydrogens is 118 g/mol. The molecule has 1 saturated heterocycles. The summed E-state index contributed by atoms with van der Waals surface area (Å²) in [6.45, 7) is 3.46. The van der Waals surface area contributed by atoms with E-state index in [1.165, 1.54) is 0 Å². The molecule has 1 heterocycles. The minimum Gasteiger partial charge on any atom is -0.338 e. The van der Waals surface area contributed by atoms with E-state index >= 15 is 0 Å². The van der Waals surface area contributed by atoms with Crippen LogP contribution in [0.25, 0.3) is 0 Å². The van der Waals surface area contributed by atoms with Crippen molar-refractivity contribution in [3.8, 4) is 0 Å². The topological polar surface area (TPSA) is 30.5 Å². The van der Waals surface area contributed by atoms with Crippen molar-refractivity contribution < 1.29 is 9.47 Å². The second-order valence-corrected chi connectivity index (χ2v) is 2.25. The summed E-state index contributed by atoms with van der Waals surface area (Å²) >= 11 is 0. The van der Waals surface area contributed by atoms with Crippen molar-refractivity contribution in [2.75, 3.05) is 20.3 Å². The van der Waals surface area contributed by atoms with E-state index in [9.17, 15) is 0 Å². The third-order valence-electron chi connectivity index (χ3n) is 1.50. The molecule has 0 radical (unpaired) electrons. The molecule has 54 valence electrons. The molecule has 0 atom stereocenters. The van der Waals surface area contributed by atoms with Crippen LogP contribution in [0.1, 0.15) is 13.3 Å². The molecule has 1 fully saturated rings. The quantitative estimate of drug-likeness (QED) is 0.555. The summed E-state index contributed by atoms with van der Waals surface area (Å²) < 4.78 is 10.6. The Morgan fingerprint density at radius 3 is 2.22 bits per heavy atom. The van der Waals surface area contributed by atoms with Crippen LogP contribution in [0.4, 0.5) is 0 Å². The highest BCUT2D eigenvalue weighted by atomic mass is 16.7. The molecule has 0 spiro atoms. The van der Waals surface area contributed by atoms with Crippen LogP contribution < -0.4 is 5.32 Å². The van der Waals surface area contributed by atoms with Crippen molar-refractivity contribution in [2.45, 2.75) is 19.3 Å². The number of rotatable bonds is 1. The summed E-state index contributed by atoms with van der Waals surface area (Å²) in [5.41, 5.74) is 0. The Kier molecular flexibility index (Phi) is 2.05. The summed E-state index contributed by atoms with van der Waals surface area (Å²) in [6.07, 6.45) is 0.997. The third kappa shape index (κ3) is 1.64. The third-order valence-corrected chi connectivity index (χ3v) is 1.50. The zero-order valence-corrected chi connectivity index (χ0v) is 5.94. The number of hydrogen-bond acceptors (Lipinski definition) is 3. The first-order chi connectivity index (χ1) is 4.27. The minimum atomic E-state index is -0.530. The van der Waals surface area contributed by atoms with Gasteiger partial charge in [-0.1, -0.05) is 0 Å². The smallest absolute Gasteiger partial charge is 0.224 e. The van der Waals surface area contributed by atoms with Gasteiger partial charge >= 0.3 is 0 Å². The van der Waals surface area contributed by atoms with Crippen molar-refractivity contribution in [3.05, 3.63) is 0 Å². The summed E-state index contributed by atoms with van der Waals surface area (Å²) in [5.74, 6) is -0.530. The van der Waals surface area contributed by atoms with Gasteiger partial charge in [0.2, 0.25) is 5.91 Å². The average molecular weight is 131 g/mol. The minimum absolute atomic E-state index is 0.530. The van der Waals surface area contributed by atoms with Gasteiger partial charge in [0.15, 0.2) is 0 Å². The Morgan fingerprint density at radius 2 is 1.89 bits per heavy atom. The van der Waals surface area contributed by atoms with Gasteiger partial charge in [-0.25, -0.2) is 0 Å². The number of ether oxygens (including phenoxy) is 2. The van der Waals surface area contributed by atoms with E-state index in [1.54, 1.807) is 0 Å². The normalized spacial score (nSPS) is 26.0. The molecule has 3 heteroatoms. The Balaban J connectivity index is 2.37. The largest absolute Gasteiger partial charge is 0.338 e. The van der Waals surface area contributed by atoms with Gasteiger partial charge in [0.25, 0.3) is 0 Å². The predicted molar refractivity (Wildman–Crippen MR) is 34.0 cm³/mol. The van der Waals surface area contributed by atoms with Crippen molar-refractivity contribution in [3.63, 3.8) is 0 Å². The summed E-state index contributed by atoms with van der Waals surface area (Å²) in [7, 11) is 1.82. The molecule has 0 saturated carbocycles. The standard InChI is InChI=1S/C6H13NO2/c1-6(7-2)8-4-3-5-9-6/h7H,3-5H2,1-2H3. The maximum Gasteiger partial charge on any atom is 0.224 e. The van der Waals surface area contributed by atoms with Crippen LogP contribution in [0.15, 0.2) is 0 Å². The lowest BCUT2D eigenvalue weighted by Gasteiger charge is -2.32. The van der Waals surface area contributed by atoms with E-state index < -0.39 is 5.91 Å². The van der Waals surface area contributed by atoms with E-state index in [2.05, 4.69) is 5.32 Å². The van der Waals surface area contributed by atoms with E-state index in [4.69, 9.17) is 9.47 Å². The molecule has 1 aliphatic heterocycles. The highest BCUT2D eigenvalue weighted by Gasteiger charge is 2.25. The van der Waals surface area contributed by atoms with Crippen molar-refractivity contribution in [2.24, 2.45) is 0 Å². The monoisotopic (exact) mass is 131 g/mol. The molecule has 9 heavy (non-hydrogen) atoms. The Hall–Kier alpha value is -0.120. The van der Waals surface area contributed by atoms with Crippen molar-refractivity contribution in [1.29, 1.82) is 0 Å². The summed E-state index contributed by atoms with van der Waals surface area (Å²) in [6, 6.07) is 0. The van der Waals surface area contributed by atoms with Gasteiger partial charge in [-0.15, -0.1) is 0 Å². The van der Waals surface area contributed by atoms with Gasteiger partial charge in [0.1, 0.15) is 0 Å². The van der Waals surface area contributed by atoms with Gasteiger partial charge < -0.3 is 9.47 Å². The molecule has 1 rings (SSSR count). The van der Waals surface area contributed by atoms with Crippen molar-refractivity contribution in [1.82, 2.24) is 5.32 Å². The fourth-order valence-corrected chi connectivity index (χ4v) is 0.779. The van der Waals surface area contributed by atoms with Crippen LogP contribution in [-0.4, -0.2) is 26.2 Å². The Labute approximate surface area is 55.3 Å². The average Bonchev–Trinajstić information content (AvgIpc) is 1.90. The molecule has 0 aliphatic carbocycles. The molecule has 0 amide bonds. The van der Waals surface area contributed by atoms with Gasteiger partial charge in [-0.2, -0.15) is 0 Å². The zero-order valence-electron chi connectivity index (χ0n) is 5.94. The molecule has 0 aromatic rings. The lowest BCUT2D eigenvalue weighted by Crippen LogP contribution is -2.48. The molecule has 0 bridgehead atoms. The number of nitrogens with one attached hydrogen (secondary N) is 1. The highest BCUT2D eigenvalue weighted by molar-refractivity contribution is 4.59. The first-order valence-corrected chi connectivity index (χ1v) is 3.24. The molecule has 1 aliphatic rings. The van der Waals surface area contributed by atoms with Crippen LogP contribution in [0.3, 0.4) is 0 Å². The lowest BCUT2D eigenvalue weighted by atomic mass is 10.4. The SMILES string of the molecule is CNC1(C)OCCCO1. The lowest BCUT2D eigenvalue weighted by molar-refractivity contribution is -0.270. The van der Waals surface area contributed by atoms with Gasteiger partial charge in [0, 0.05) is 6.92 Å². The number of hydrogen-bond donors (Lipinski definition) is 1. The van der Waals surface area contributed by atoms with Crippen molar-refractivity contribution >= 4 is 0 Å². The van der Waals surface area contributed by atoms with Crippen LogP contribution in [0.5, 0.6) is 0 Å². The molecule has 1 N–H and O–H groups in total. The van der Waals surface area contributed by atoms with Gasteiger partial charge in [-0.05, 0) is 13.5 Å². The molecule has 3 nitrogen and oxygen atoms in total. The fourth-order valence-electron chi connectivity index (χ4n) is 0.779. The zero-order chi connectivity index (χ0) is 6.74. The second kappa shape index (κ2) is 2.64. The Morgan fingerprint density at radius 1 is 1.33 bits per heavy atom. The highest BCUT2D eigenvalue weighted by Crippen LogP contribution is 2.12. The molecule has 0 unspecified atom stereocenters. The van der Waals surface area contributed by atoms with Gasteiger partial charge in [0.05, 0.1) is 13.2 Å². The molecular formula is C6H13NO2. The summed E-state index contributed by atoms with van der Waals surface area (Å²) in [4.78, 5) is 0. The van der Waals surface area contributed by atoms with E-state index in [-0.39, 0.29) is 0 Å². The maximum atomic E-state index is 5.28. The first-order valence-electron chi connectivity index (χ1n) is 3.24. The van der Waals surface area contributed by atoms with Crippen LogP contribution in [-0.2, 0) is 9.47 Å². The Bertz CT molecular complexity index is 89.1. The molecule has 0 aromatic carbocycles.